The maximum Gasteiger partial charge on any atom is 0.145 e. The quantitative estimate of drug-likeness (QED) is 0.764. The summed E-state index contributed by atoms with van der Waals surface area (Å²) in [6.07, 6.45) is 0. The van der Waals surface area contributed by atoms with E-state index in [1.54, 1.807) is 7.11 Å². The first-order valence-corrected chi connectivity index (χ1v) is 6.23. The first-order chi connectivity index (χ1) is 8.17. The van der Waals surface area contributed by atoms with Gasteiger partial charge in [-0.3, -0.25) is 0 Å². The van der Waals surface area contributed by atoms with Crippen LogP contribution < -0.4 is 4.74 Å². The van der Waals surface area contributed by atoms with Gasteiger partial charge in [-0.15, -0.1) is 11.6 Å². The molecule has 0 aliphatic carbocycles. The molecule has 0 unspecified atom stereocenters. The summed E-state index contributed by atoms with van der Waals surface area (Å²) in [6.45, 7) is 4.25. The van der Waals surface area contributed by atoms with Gasteiger partial charge in [-0.1, -0.05) is 26.0 Å². The molecule has 2 aromatic rings. The van der Waals surface area contributed by atoms with E-state index in [4.69, 9.17) is 16.3 Å². The predicted molar refractivity (Wildman–Crippen MR) is 71.9 cm³/mol. The molecule has 2 rings (SSSR count). The van der Waals surface area contributed by atoms with Gasteiger partial charge in [-0.2, -0.15) is 0 Å². The number of nitrogens with zero attached hydrogens (tertiary/aromatic N) is 1. The molecular weight excluding hydrogens is 234 g/mol. The Morgan fingerprint density at radius 2 is 2.12 bits per heavy atom. The summed E-state index contributed by atoms with van der Waals surface area (Å²) in [6, 6.07) is 8.01. The lowest BCUT2D eigenvalue weighted by molar-refractivity contribution is 0.418. The van der Waals surface area contributed by atoms with Gasteiger partial charge in [0.25, 0.3) is 0 Å². The Morgan fingerprint density at radius 3 is 2.71 bits per heavy atom. The smallest absolute Gasteiger partial charge is 0.145 e. The lowest BCUT2D eigenvalue weighted by atomic mass is 10.0. The van der Waals surface area contributed by atoms with Crippen LogP contribution in [-0.4, -0.2) is 12.1 Å². The third-order valence-corrected chi connectivity index (χ3v) is 3.15. The van der Waals surface area contributed by atoms with Crippen molar-refractivity contribution in [2.24, 2.45) is 0 Å². The molecule has 0 amide bonds. The Morgan fingerprint density at radius 1 is 1.35 bits per heavy atom. The van der Waals surface area contributed by atoms with E-state index in [1.165, 1.54) is 0 Å². The Balaban J connectivity index is 2.78. The third kappa shape index (κ3) is 2.22. The van der Waals surface area contributed by atoms with Crippen molar-refractivity contribution in [3.05, 3.63) is 35.5 Å². The number of halogens is 1. The maximum atomic E-state index is 6.01. The first-order valence-electron chi connectivity index (χ1n) is 5.70. The normalized spacial score (nSPS) is 11.1. The highest BCUT2D eigenvalue weighted by Crippen LogP contribution is 2.29. The molecule has 0 N–H and O–H groups in total. The number of para-hydroxylation sites is 1. The molecule has 0 atom stereocenters. The fourth-order valence-electron chi connectivity index (χ4n) is 1.89. The van der Waals surface area contributed by atoms with E-state index in [9.17, 15) is 0 Å². The molecule has 0 fully saturated rings. The fourth-order valence-corrected chi connectivity index (χ4v) is 2.11. The number of pyridine rings is 1. The molecule has 1 aromatic heterocycles. The minimum Gasteiger partial charge on any atom is -0.494 e. The van der Waals surface area contributed by atoms with Crippen LogP contribution in [0.3, 0.4) is 0 Å². The van der Waals surface area contributed by atoms with Crippen LogP contribution in [-0.2, 0) is 5.88 Å². The molecule has 3 heteroatoms. The van der Waals surface area contributed by atoms with E-state index >= 15 is 0 Å². The van der Waals surface area contributed by atoms with Gasteiger partial charge in [0.15, 0.2) is 0 Å². The predicted octanol–water partition coefficient (Wildman–Crippen LogP) is 4.11. The highest BCUT2D eigenvalue weighted by Gasteiger charge is 2.10. The van der Waals surface area contributed by atoms with E-state index in [-0.39, 0.29) is 0 Å². The molecule has 0 aliphatic rings. The molecule has 0 aliphatic heterocycles. The van der Waals surface area contributed by atoms with Gasteiger partial charge in [-0.05, 0) is 23.6 Å². The van der Waals surface area contributed by atoms with Crippen LogP contribution in [0.1, 0.15) is 31.0 Å². The number of aromatic nitrogens is 1. The summed E-state index contributed by atoms with van der Waals surface area (Å²) in [4.78, 5) is 4.67. The van der Waals surface area contributed by atoms with E-state index in [0.29, 0.717) is 11.8 Å². The SMILES string of the molecule is COc1cccc2c(CCl)cc(C(C)C)nc12. The molecular formula is C14H16ClNO. The van der Waals surface area contributed by atoms with Crippen LogP contribution >= 0.6 is 11.6 Å². The number of benzene rings is 1. The lowest BCUT2D eigenvalue weighted by Crippen LogP contribution is -1.98. The molecule has 0 saturated carbocycles. The first kappa shape index (κ1) is 12.2. The second kappa shape index (κ2) is 4.92. The van der Waals surface area contributed by atoms with E-state index in [1.807, 2.05) is 18.2 Å². The van der Waals surface area contributed by atoms with Crippen LogP contribution in [0.5, 0.6) is 5.75 Å². The van der Waals surface area contributed by atoms with Crippen molar-refractivity contribution in [3.63, 3.8) is 0 Å². The molecule has 0 saturated heterocycles. The summed E-state index contributed by atoms with van der Waals surface area (Å²) in [7, 11) is 1.67. The van der Waals surface area contributed by atoms with Crippen molar-refractivity contribution in [3.8, 4) is 5.75 Å². The van der Waals surface area contributed by atoms with Crippen LogP contribution in [0.4, 0.5) is 0 Å². The summed E-state index contributed by atoms with van der Waals surface area (Å²) in [5.41, 5.74) is 3.06. The molecule has 1 heterocycles. The van der Waals surface area contributed by atoms with Crippen LogP contribution in [0.25, 0.3) is 10.9 Å². The van der Waals surface area contributed by atoms with Gasteiger partial charge in [0.05, 0.1) is 7.11 Å². The van der Waals surface area contributed by atoms with Crippen molar-refractivity contribution in [2.75, 3.05) is 7.11 Å². The van der Waals surface area contributed by atoms with Crippen LogP contribution in [0, 0.1) is 0 Å². The summed E-state index contributed by atoms with van der Waals surface area (Å²) in [5.74, 6) is 1.67. The summed E-state index contributed by atoms with van der Waals surface area (Å²) < 4.78 is 5.36. The number of fused-ring (bicyclic) bond motifs is 1. The largest absolute Gasteiger partial charge is 0.494 e. The van der Waals surface area contributed by atoms with E-state index < -0.39 is 0 Å². The molecule has 0 bridgehead atoms. The monoisotopic (exact) mass is 249 g/mol. The van der Waals surface area contributed by atoms with Gasteiger partial charge in [-0.25, -0.2) is 4.98 Å². The third-order valence-electron chi connectivity index (χ3n) is 2.86. The average molecular weight is 250 g/mol. The molecule has 0 radical (unpaired) electrons. The second-order valence-electron chi connectivity index (χ2n) is 4.35. The molecule has 90 valence electrons. The summed E-state index contributed by atoms with van der Waals surface area (Å²) in [5, 5.41) is 1.07. The number of hydrogen-bond donors (Lipinski definition) is 0. The van der Waals surface area contributed by atoms with Crippen molar-refractivity contribution in [1.82, 2.24) is 4.98 Å². The van der Waals surface area contributed by atoms with Gasteiger partial charge in [0, 0.05) is 17.0 Å². The number of ether oxygens (including phenoxy) is 1. The standard InChI is InChI=1S/C14H16ClNO/c1-9(2)12-7-10(8-15)11-5-4-6-13(17-3)14(11)16-12/h4-7,9H,8H2,1-3H3. The van der Waals surface area contributed by atoms with Crippen LogP contribution in [0.15, 0.2) is 24.3 Å². The zero-order chi connectivity index (χ0) is 12.4. The van der Waals surface area contributed by atoms with Crippen molar-refractivity contribution in [1.29, 1.82) is 0 Å². The van der Waals surface area contributed by atoms with Crippen molar-refractivity contribution < 1.29 is 4.74 Å². The highest BCUT2D eigenvalue weighted by molar-refractivity contribution is 6.18. The van der Waals surface area contributed by atoms with Gasteiger partial charge < -0.3 is 4.74 Å². The highest BCUT2D eigenvalue weighted by atomic mass is 35.5. The zero-order valence-electron chi connectivity index (χ0n) is 10.3. The second-order valence-corrected chi connectivity index (χ2v) is 4.62. The molecule has 2 nitrogen and oxygen atoms in total. The van der Waals surface area contributed by atoms with Gasteiger partial charge >= 0.3 is 0 Å². The van der Waals surface area contributed by atoms with Gasteiger partial charge in [0.2, 0.25) is 0 Å². The Bertz CT molecular complexity index is 537. The number of rotatable bonds is 3. The zero-order valence-corrected chi connectivity index (χ0v) is 11.1. The summed E-state index contributed by atoms with van der Waals surface area (Å²) >= 11 is 6.01. The Labute approximate surface area is 107 Å². The fraction of sp³-hybridized carbons (Fsp3) is 0.357. The number of hydrogen-bond acceptors (Lipinski definition) is 2. The van der Waals surface area contributed by atoms with E-state index in [2.05, 4.69) is 24.9 Å². The number of alkyl halides is 1. The minimum atomic E-state index is 0.381. The topological polar surface area (TPSA) is 22.1 Å². The van der Waals surface area contributed by atoms with Crippen LogP contribution in [0.2, 0.25) is 0 Å². The Hall–Kier alpha value is -1.28. The van der Waals surface area contributed by atoms with Crippen molar-refractivity contribution >= 4 is 22.5 Å². The molecule has 1 aromatic carbocycles. The lowest BCUT2D eigenvalue weighted by Gasteiger charge is -2.12. The number of methoxy groups -OCH3 is 1. The maximum absolute atomic E-state index is 6.01. The average Bonchev–Trinajstić information content (AvgIpc) is 2.36. The molecule has 0 spiro atoms. The minimum absolute atomic E-state index is 0.381. The van der Waals surface area contributed by atoms with E-state index in [0.717, 1.165) is 27.9 Å². The Kier molecular flexibility index (Phi) is 3.53. The van der Waals surface area contributed by atoms with Crippen molar-refractivity contribution in [2.45, 2.75) is 25.6 Å². The molecule has 17 heavy (non-hydrogen) atoms. The van der Waals surface area contributed by atoms with Gasteiger partial charge in [0.1, 0.15) is 11.3 Å².